The van der Waals surface area contributed by atoms with E-state index in [1.165, 1.54) is 0 Å². The topological polar surface area (TPSA) is 40.5 Å². The standard InChI is InChI=1S/C42H31BO2/c44-43(45)42-28-40(38-23-34(30-13-5-1-6-14-30)21-35(24-38)31-15-7-2-8-16-31)27-41(29-42)39-25-36(32-17-9-3-10-18-32)22-37(26-39)33-19-11-4-12-20-33/h1-29,44-45H. The Hall–Kier alpha value is -5.48. The first kappa shape index (κ1) is 28.3. The van der Waals surface area contributed by atoms with Crippen molar-refractivity contribution in [3.8, 4) is 66.8 Å². The van der Waals surface area contributed by atoms with Crippen LogP contribution in [0.4, 0.5) is 0 Å². The van der Waals surface area contributed by atoms with Gasteiger partial charge in [-0.2, -0.15) is 0 Å². The Labute approximate surface area is 264 Å². The molecule has 2 N–H and O–H groups in total. The summed E-state index contributed by atoms with van der Waals surface area (Å²) in [5.41, 5.74) is 13.2. The fourth-order valence-electron chi connectivity index (χ4n) is 5.91. The number of hydrogen-bond acceptors (Lipinski definition) is 2. The summed E-state index contributed by atoms with van der Waals surface area (Å²) in [6.45, 7) is 0. The summed E-state index contributed by atoms with van der Waals surface area (Å²) >= 11 is 0. The van der Waals surface area contributed by atoms with E-state index in [-0.39, 0.29) is 0 Å². The smallest absolute Gasteiger partial charge is 0.423 e. The van der Waals surface area contributed by atoms with Gasteiger partial charge in [0.25, 0.3) is 0 Å². The molecule has 0 fully saturated rings. The van der Waals surface area contributed by atoms with Crippen molar-refractivity contribution in [1.82, 2.24) is 0 Å². The van der Waals surface area contributed by atoms with Crippen LogP contribution in [0.1, 0.15) is 0 Å². The second-order valence-corrected chi connectivity index (χ2v) is 11.3. The Balaban J connectivity index is 1.43. The monoisotopic (exact) mass is 578 g/mol. The third-order valence-corrected chi connectivity index (χ3v) is 8.21. The summed E-state index contributed by atoms with van der Waals surface area (Å²) in [5, 5.41) is 20.9. The summed E-state index contributed by atoms with van der Waals surface area (Å²) in [6.07, 6.45) is 0. The van der Waals surface area contributed by atoms with Gasteiger partial charge in [0.1, 0.15) is 0 Å². The molecule has 0 aliphatic heterocycles. The Kier molecular flexibility index (Phi) is 7.95. The number of rotatable bonds is 7. The van der Waals surface area contributed by atoms with E-state index < -0.39 is 7.12 Å². The Morgan fingerprint density at radius 1 is 0.244 bits per heavy atom. The van der Waals surface area contributed by atoms with E-state index in [4.69, 9.17) is 0 Å². The van der Waals surface area contributed by atoms with E-state index in [1.807, 2.05) is 36.4 Å². The molecule has 0 bridgehead atoms. The molecule has 0 amide bonds. The summed E-state index contributed by atoms with van der Waals surface area (Å²) in [5.74, 6) is 0. The van der Waals surface area contributed by atoms with Crippen LogP contribution in [0.5, 0.6) is 0 Å². The fraction of sp³-hybridized carbons (Fsp3) is 0. The average molecular weight is 579 g/mol. The van der Waals surface area contributed by atoms with Crippen LogP contribution in [0.3, 0.4) is 0 Å². The second-order valence-electron chi connectivity index (χ2n) is 11.3. The van der Waals surface area contributed by atoms with Crippen LogP contribution in [0, 0.1) is 0 Å². The number of hydrogen-bond donors (Lipinski definition) is 2. The third-order valence-electron chi connectivity index (χ3n) is 8.21. The van der Waals surface area contributed by atoms with Gasteiger partial charge >= 0.3 is 7.12 Å². The molecule has 0 saturated heterocycles. The highest BCUT2D eigenvalue weighted by Crippen LogP contribution is 2.36. The molecular weight excluding hydrogens is 547 g/mol. The van der Waals surface area contributed by atoms with Crippen molar-refractivity contribution in [3.05, 3.63) is 176 Å². The van der Waals surface area contributed by atoms with E-state index in [0.29, 0.717) is 5.46 Å². The van der Waals surface area contributed by atoms with Crippen molar-refractivity contribution in [2.75, 3.05) is 0 Å². The molecule has 0 radical (unpaired) electrons. The molecule has 0 aliphatic rings. The fourth-order valence-corrected chi connectivity index (χ4v) is 5.91. The zero-order valence-corrected chi connectivity index (χ0v) is 24.7. The Bertz CT molecular complexity index is 1800. The van der Waals surface area contributed by atoms with Crippen LogP contribution < -0.4 is 5.46 Å². The first-order valence-corrected chi connectivity index (χ1v) is 15.1. The molecule has 45 heavy (non-hydrogen) atoms. The molecule has 0 unspecified atom stereocenters. The lowest BCUT2D eigenvalue weighted by atomic mass is 9.77. The second kappa shape index (κ2) is 12.6. The SMILES string of the molecule is OB(O)c1cc(-c2cc(-c3ccccc3)cc(-c3ccccc3)c2)cc(-c2cc(-c3ccccc3)cc(-c3ccccc3)c2)c1. The third kappa shape index (κ3) is 6.27. The summed E-state index contributed by atoms with van der Waals surface area (Å²) < 4.78 is 0. The minimum atomic E-state index is -1.61. The van der Waals surface area contributed by atoms with Crippen LogP contribution >= 0.6 is 0 Å². The van der Waals surface area contributed by atoms with Gasteiger partial charge < -0.3 is 10.0 Å². The minimum Gasteiger partial charge on any atom is -0.423 e. The first-order valence-electron chi connectivity index (χ1n) is 15.1. The molecule has 0 aliphatic carbocycles. The predicted molar refractivity (Wildman–Crippen MR) is 189 cm³/mol. The maximum absolute atomic E-state index is 10.5. The summed E-state index contributed by atoms with van der Waals surface area (Å²) in [7, 11) is -1.61. The lowest BCUT2D eigenvalue weighted by molar-refractivity contribution is 0.426. The van der Waals surface area contributed by atoms with Gasteiger partial charge in [0.05, 0.1) is 0 Å². The normalized spacial score (nSPS) is 10.9. The highest BCUT2D eigenvalue weighted by Gasteiger charge is 2.17. The van der Waals surface area contributed by atoms with Gasteiger partial charge in [0.15, 0.2) is 0 Å². The highest BCUT2D eigenvalue weighted by molar-refractivity contribution is 6.58. The van der Waals surface area contributed by atoms with Crippen LogP contribution in [0.2, 0.25) is 0 Å². The van der Waals surface area contributed by atoms with Crippen molar-refractivity contribution in [3.63, 3.8) is 0 Å². The van der Waals surface area contributed by atoms with Crippen LogP contribution in [-0.2, 0) is 0 Å². The highest BCUT2D eigenvalue weighted by atomic mass is 16.4. The molecule has 7 rings (SSSR count). The van der Waals surface area contributed by atoms with Crippen molar-refractivity contribution in [2.45, 2.75) is 0 Å². The van der Waals surface area contributed by atoms with Gasteiger partial charge in [-0.25, -0.2) is 0 Å². The zero-order valence-electron chi connectivity index (χ0n) is 24.7. The van der Waals surface area contributed by atoms with Gasteiger partial charge in [-0.05, 0) is 115 Å². The van der Waals surface area contributed by atoms with E-state index in [2.05, 4.69) is 140 Å². The van der Waals surface area contributed by atoms with E-state index in [9.17, 15) is 10.0 Å². The maximum atomic E-state index is 10.5. The van der Waals surface area contributed by atoms with Crippen LogP contribution in [-0.4, -0.2) is 17.2 Å². The molecular formula is C42H31BO2. The zero-order chi connectivity index (χ0) is 30.6. The van der Waals surface area contributed by atoms with Gasteiger partial charge in [0.2, 0.25) is 0 Å². The minimum absolute atomic E-state index is 0.445. The predicted octanol–water partition coefficient (Wildman–Crippen LogP) is 9.37. The lowest BCUT2D eigenvalue weighted by Gasteiger charge is -2.16. The molecule has 2 nitrogen and oxygen atoms in total. The van der Waals surface area contributed by atoms with Crippen molar-refractivity contribution >= 4 is 12.6 Å². The first-order chi connectivity index (χ1) is 22.1. The quantitative estimate of drug-likeness (QED) is 0.185. The molecule has 214 valence electrons. The average Bonchev–Trinajstić information content (AvgIpc) is 3.12. The van der Waals surface area contributed by atoms with Crippen LogP contribution in [0.25, 0.3) is 66.8 Å². The van der Waals surface area contributed by atoms with E-state index in [1.54, 1.807) is 0 Å². The molecule has 7 aromatic carbocycles. The summed E-state index contributed by atoms with van der Waals surface area (Å²) in [4.78, 5) is 0. The lowest BCUT2D eigenvalue weighted by Crippen LogP contribution is -2.30. The number of benzene rings is 7. The molecule has 0 heterocycles. The molecule has 0 aromatic heterocycles. The Morgan fingerprint density at radius 2 is 0.444 bits per heavy atom. The van der Waals surface area contributed by atoms with E-state index >= 15 is 0 Å². The van der Waals surface area contributed by atoms with Crippen molar-refractivity contribution in [2.24, 2.45) is 0 Å². The molecule has 0 saturated carbocycles. The van der Waals surface area contributed by atoms with Crippen LogP contribution in [0.15, 0.2) is 176 Å². The van der Waals surface area contributed by atoms with Crippen molar-refractivity contribution in [1.29, 1.82) is 0 Å². The van der Waals surface area contributed by atoms with Gasteiger partial charge in [-0.3, -0.25) is 0 Å². The molecule has 7 aromatic rings. The van der Waals surface area contributed by atoms with E-state index in [0.717, 1.165) is 66.8 Å². The van der Waals surface area contributed by atoms with Gasteiger partial charge in [-0.15, -0.1) is 0 Å². The Morgan fingerprint density at radius 3 is 0.667 bits per heavy atom. The summed E-state index contributed by atoms with van der Waals surface area (Å²) in [6, 6.07) is 60.5. The largest absolute Gasteiger partial charge is 0.488 e. The maximum Gasteiger partial charge on any atom is 0.488 e. The van der Waals surface area contributed by atoms with Gasteiger partial charge in [0, 0.05) is 0 Å². The van der Waals surface area contributed by atoms with Gasteiger partial charge in [-0.1, -0.05) is 133 Å². The van der Waals surface area contributed by atoms with Crippen molar-refractivity contribution < 1.29 is 10.0 Å². The molecule has 3 heteroatoms. The molecule has 0 spiro atoms. The molecule has 0 atom stereocenters.